The largest absolute Gasteiger partial charge is 0.423 e. The van der Waals surface area contributed by atoms with Crippen LogP contribution in [-0.4, -0.2) is 4.92 Å². The van der Waals surface area contributed by atoms with Crippen molar-refractivity contribution in [2.75, 3.05) is 0 Å². The molecule has 0 radical (unpaired) electrons. The molecule has 0 heterocycles. The average Bonchev–Trinajstić information content (AvgIpc) is 2.30. The second-order valence-corrected chi connectivity index (χ2v) is 5.20. The molecule has 0 saturated carbocycles. The molecular weight excluding hydrogens is 474 g/mol. The zero-order chi connectivity index (χ0) is 21.0. The Morgan fingerprint density at radius 1 is 0.615 bits per heavy atom. The molecule has 1 rings (SSSR count). The number of nitrogens with zero attached hydrogens (tertiary/aromatic N) is 1. The summed E-state index contributed by atoms with van der Waals surface area (Å²) in [6, 6.07) is 0. The van der Waals surface area contributed by atoms with Gasteiger partial charge in [-0.25, -0.2) is 0 Å². The van der Waals surface area contributed by atoms with E-state index in [0.29, 0.717) is 0 Å². The lowest BCUT2D eigenvalue weighted by molar-refractivity contribution is -0.392. The van der Waals surface area contributed by atoms with Crippen LogP contribution >= 0.6 is 15.9 Å². The average molecular weight is 474 g/mol. The quantitative estimate of drug-likeness (QED) is 0.268. The first-order chi connectivity index (χ1) is 11.2. The van der Waals surface area contributed by atoms with Crippen LogP contribution in [0, 0.1) is 10.1 Å². The van der Waals surface area contributed by atoms with Crippen molar-refractivity contribution in [1.82, 2.24) is 0 Å². The highest BCUT2D eigenvalue weighted by molar-refractivity contribution is 9.10. The summed E-state index contributed by atoms with van der Waals surface area (Å²) >= 11 is 1.46. The molecular formula is C10BrF12NO2. The van der Waals surface area contributed by atoms with Crippen LogP contribution in [0.4, 0.5) is 58.4 Å². The topological polar surface area (TPSA) is 43.1 Å². The monoisotopic (exact) mass is 473 g/mol. The highest BCUT2D eigenvalue weighted by Gasteiger charge is 2.59. The maximum atomic E-state index is 12.9. The summed E-state index contributed by atoms with van der Waals surface area (Å²) in [5, 5.41) is 10.7. The van der Waals surface area contributed by atoms with Gasteiger partial charge in [0.1, 0.15) is 11.1 Å². The molecule has 0 bridgehead atoms. The Morgan fingerprint density at radius 3 is 1.00 bits per heavy atom. The van der Waals surface area contributed by atoms with Crippen LogP contribution in [0.3, 0.4) is 0 Å². The molecule has 0 unspecified atom stereocenters. The molecule has 0 aliphatic rings. The third-order valence-electron chi connectivity index (χ3n) is 2.73. The minimum absolute atomic E-state index is 1.46. The van der Waals surface area contributed by atoms with E-state index in [4.69, 9.17) is 0 Å². The van der Waals surface area contributed by atoms with Gasteiger partial charge in [-0.2, -0.15) is 52.7 Å². The molecule has 148 valence electrons. The lowest BCUT2D eigenvalue weighted by atomic mass is 9.93. The molecule has 0 aliphatic carbocycles. The van der Waals surface area contributed by atoms with E-state index in [-0.39, 0.29) is 0 Å². The molecule has 0 spiro atoms. The highest BCUT2D eigenvalue weighted by Crippen LogP contribution is 2.56. The van der Waals surface area contributed by atoms with Gasteiger partial charge in [-0.1, -0.05) is 0 Å². The molecule has 1 aromatic carbocycles. The smallest absolute Gasteiger partial charge is 0.258 e. The van der Waals surface area contributed by atoms with Crippen molar-refractivity contribution in [3.63, 3.8) is 0 Å². The van der Waals surface area contributed by atoms with E-state index >= 15 is 0 Å². The number of nitro benzene ring substituents is 1. The molecule has 1 aromatic rings. The van der Waals surface area contributed by atoms with Gasteiger partial charge < -0.3 is 0 Å². The van der Waals surface area contributed by atoms with Crippen LogP contribution in [0.5, 0.6) is 0 Å². The summed E-state index contributed by atoms with van der Waals surface area (Å²) < 4.78 is 152. The fourth-order valence-corrected chi connectivity index (χ4v) is 2.82. The van der Waals surface area contributed by atoms with Gasteiger partial charge >= 0.3 is 24.7 Å². The number of benzene rings is 1. The Balaban J connectivity index is 4.51. The van der Waals surface area contributed by atoms with Crippen molar-refractivity contribution in [3.05, 3.63) is 36.8 Å². The normalized spacial score (nSPS) is 13.9. The van der Waals surface area contributed by atoms with E-state index in [0.717, 1.165) is 0 Å². The van der Waals surface area contributed by atoms with E-state index in [1.165, 1.54) is 15.9 Å². The van der Waals surface area contributed by atoms with Gasteiger partial charge in [-0.05, 0) is 15.9 Å². The lowest BCUT2D eigenvalue weighted by Crippen LogP contribution is -2.27. The number of alkyl halides is 12. The van der Waals surface area contributed by atoms with Crippen LogP contribution in [0.1, 0.15) is 22.3 Å². The third kappa shape index (κ3) is 3.98. The predicted octanol–water partition coefficient (Wildman–Crippen LogP) is 6.43. The SMILES string of the molecule is O=[N+]([O-])c1c(C(F)(F)F)c(C(F)(F)F)c(Br)c(C(F)(F)F)c1C(F)(F)F. The Bertz CT molecular complexity index is 690. The fourth-order valence-electron chi connectivity index (χ4n) is 1.97. The van der Waals surface area contributed by atoms with Crippen LogP contribution in [0.25, 0.3) is 0 Å². The van der Waals surface area contributed by atoms with E-state index in [1.807, 2.05) is 0 Å². The number of hydrogen-bond acceptors (Lipinski definition) is 2. The van der Waals surface area contributed by atoms with Crippen LogP contribution < -0.4 is 0 Å². The van der Waals surface area contributed by atoms with E-state index in [9.17, 15) is 62.8 Å². The minimum Gasteiger partial charge on any atom is -0.258 e. The van der Waals surface area contributed by atoms with Crippen molar-refractivity contribution in [2.45, 2.75) is 24.7 Å². The zero-order valence-corrected chi connectivity index (χ0v) is 12.8. The summed E-state index contributed by atoms with van der Waals surface area (Å²) in [6.07, 6.45) is -25.5. The van der Waals surface area contributed by atoms with Crippen molar-refractivity contribution in [2.24, 2.45) is 0 Å². The molecule has 16 heteroatoms. The zero-order valence-electron chi connectivity index (χ0n) is 11.2. The first-order valence-electron chi connectivity index (χ1n) is 5.55. The van der Waals surface area contributed by atoms with Gasteiger partial charge in [0.05, 0.1) is 16.1 Å². The molecule has 0 saturated heterocycles. The van der Waals surface area contributed by atoms with Gasteiger partial charge in [0.25, 0.3) is 5.69 Å². The first-order valence-corrected chi connectivity index (χ1v) is 6.34. The molecule has 0 aromatic heterocycles. The molecule has 0 N–H and O–H groups in total. The summed E-state index contributed by atoms with van der Waals surface area (Å²) in [7, 11) is 0. The van der Waals surface area contributed by atoms with E-state index in [1.54, 1.807) is 0 Å². The molecule has 26 heavy (non-hydrogen) atoms. The molecule has 0 fully saturated rings. The Labute approximate surface area is 141 Å². The van der Waals surface area contributed by atoms with Gasteiger partial charge in [0.15, 0.2) is 0 Å². The van der Waals surface area contributed by atoms with E-state index in [2.05, 4.69) is 0 Å². The van der Waals surface area contributed by atoms with Gasteiger partial charge in [-0.3, -0.25) is 10.1 Å². The molecule has 3 nitrogen and oxygen atoms in total. The Kier molecular flexibility index (Phi) is 5.28. The summed E-state index contributed by atoms with van der Waals surface area (Å²) in [6.45, 7) is 0. The Hall–Kier alpha value is -1.74. The molecule has 0 aliphatic heterocycles. The van der Waals surface area contributed by atoms with Crippen molar-refractivity contribution >= 4 is 21.6 Å². The van der Waals surface area contributed by atoms with Crippen LogP contribution in [-0.2, 0) is 24.7 Å². The lowest BCUT2D eigenvalue weighted by Gasteiger charge is -2.24. The van der Waals surface area contributed by atoms with Crippen LogP contribution in [0.15, 0.2) is 4.47 Å². The van der Waals surface area contributed by atoms with Gasteiger partial charge in [0.2, 0.25) is 0 Å². The number of halogens is 13. The number of nitro groups is 1. The third-order valence-corrected chi connectivity index (χ3v) is 3.52. The summed E-state index contributed by atoms with van der Waals surface area (Å²) in [5.74, 6) is 0. The van der Waals surface area contributed by atoms with Crippen molar-refractivity contribution < 1.29 is 57.6 Å². The van der Waals surface area contributed by atoms with Crippen molar-refractivity contribution in [1.29, 1.82) is 0 Å². The second kappa shape index (κ2) is 6.16. The van der Waals surface area contributed by atoms with Gasteiger partial charge in [-0.15, -0.1) is 0 Å². The van der Waals surface area contributed by atoms with Crippen LogP contribution in [0.2, 0.25) is 0 Å². The maximum Gasteiger partial charge on any atom is 0.423 e. The number of rotatable bonds is 1. The molecule has 0 atom stereocenters. The Morgan fingerprint density at radius 2 is 0.846 bits per heavy atom. The summed E-state index contributed by atoms with van der Waals surface area (Å²) in [5.41, 5.74) is -17.0. The molecule has 0 amide bonds. The minimum atomic E-state index is -6.43. The summed E-state index contributed by atoms with van der Waals surface area (Å²) in [4.78, 5) is 8.07. The maximum absolute atomic E-state index is 12.9. The first kappa shape index (κ1) is 22.3. The van der Waals surface area contributed by atoms with E-state index < -0.39 is 62.0 Å². The fraction of sp³-hybridized carbons (Fsp3) is 0.400. The predicted molar refractivity (Wildman–Crippen MR) is 60.8 cm³/mol. The second-order valence-electron chi connectivity index (χ2n) is 4.41. The standard InChI is InChI=1S/C10BrF12NO2/c11-5-1(7(12,13)14)3(9(18,19)20)6(24(25)26)4(10(21,22)23)2(5)8(15,16)17. The number of hydrogen-bond donors (Lipinski definition) is 0. The van der Waals surface area contributed by atoms with Gasteiger partial charge in [0, 0.05) is 4.47 Å². The van der Waals surface area contributed by atoms with Crippen molar-refractivity contribution in [3.8, 4) is 0 Å². The highest BCUT2D eigenvalue weighted by atomic mass is 79.9.